The number of hydrogen-bond acceptors (Lipinski definition) is 1. The summed E-state index contributed by atoms with van der Waals surface area (Å²) in [5.41, 5.74) is 4.58. The van der Waals surface area contributed by atoms with Crippen molar-refractivity contribution in [1.29, 1.82) is 0 Å². The Hall–Kier alpha value is -0.240. The van der Waals surface area contributed by atoms with E-state index >= 15 is 0 Å². The fourth-order valence-corrected chi connectivity index (χ4v) is 3.78. The van der Waals surface area contributed by atoms with Crippen LogP contribution in [0.1, 0.15) is 41.9 Å². The number of hydrogen-bond donors (Lipinski definition) is 1. The van der Waals surface area contributed by atoms with Crippen LogP contribution in [0.15, 0.2) is 12.1 Å². The maximum Gasteiger partial charge on any atom is 0.0441 e. The Morgan fingerprint density at radius 2 is 2.06 bits per heavy atom. The number of likely N-dealkylation sites (N-methyl/N-ethyl adjacent to an activating group) is 1. The summed E-state index contributed by atoms with van der Waals surface area (Å²) in [5, 5.41) is 4.47. The largest absolute Gasteiger partial charge is 0.316 e. The minimum atomic E-state index is 0. The van der Waals surface area contributed by atoms with Crippen LogP contribution in [0.25, 0.3) is 0 Å². The monoisotopic (exact) mass is 271 g/mol. The van der Waals surface area contributed by atoms with Gasteiger partial charge in [-0.05, 0) is 67.8 Å². The molecule has 1 aromatic rings. The molecule has 1 nitrogen and oxygen atoms in total. The lowest BCUT2D eigenvalue weighted by Crippen LogP contribution is -2.38. The van der Waals surface area contributed by atoms with Crippen molar-refractivity contribution in [2.75, 3.05) is 7.05 Å². The van der Waals surface area contributed by atoms with Gasteiger partial charge in [0.15, 0.2) is 0 Å². The van der Waals surface area contributed by atoms with Gasteiger partial charge >= 0.3 is 0 Å². The summed E-state index contributed by atoms with van der Waals surface area (Å²) in [5.74, 6) is 0.705. The summed E-state index contributed by atoms with van der Waals surface area (Å²) in [6.07, 6.45) is 6.27. The van der Waals surface area contributed by atoms with E-state index in [9.17, 15) is 0 Å². The molecule has 0 aliphatic heterocycles. The third-order valence-electron chi connectivity index (χ3n) is 4.28. The van der Waals surface area contributed by atoms with Crippen molar-refractivity contribution in [2.45, 2.75) is 44.1 Å². The lowest BCUT2D eigenvalue weighted by atomic mass is 9.71. The number of benzene rings is 1. The van der Waals surface area contributed by atoms with Crippen molar-refractivity contribution in [1.82, 2.24) is 5.32 Å². The third-order valence-corrected chi connectivity index (χ3v) is 4.64. The molecule has 2 aliphatic rings. The molecule has 0 bridgehead atoms. The van der Waals surface area contributed by atoms with Crippen molar-refractivity contribution in [3.63, 3.8) is 0 Å². The molecule has 94 valence electrons. The Kier molecular flexibility index (Phi) is 4.02. The topological polar surface area (TPSA) is 12.0 Å². The molecule has 1 aromatic carbocycles. The van der Waals surface area contributed by atoms with E-state index in [2.05, 4.69) is 24.5 Å². The van der Waals surface area contributed by atoms with Gasteiger partial charge in [-0.1, -0.05) is 17.7 Å². The van der Waals surface area contributed by atoms with Gasteiger partial charge in [-0.25, -0.2) is 0 Å². The Labute approximate surface area is 114 Å². The molecule has 17 heavy (non-hydrogen) atoms. The normalized spacial score (nSPS) is 26.0. The first kappa shape index (κ1) is 13.2. The molecule has 2 unspecified atom stereocenters. The number of nitrogens with one attached hydrogen (secondary N) is 1. The van der Waals surface area contributed by atoms with Crippen molar-refractivity contribution in [2.24, 2.45) is 0 Å². The van der Waals surface area contributed by atoms with Gasteiger partial charge in [0.05, 0.1) is 0 Å². The molecule has 2 aliphatic carbocycles. The van der Waals surface area contributed by atoms with E-state index in [0.717, 1.165) is 5.02 Å². The second-order valence-electron chi connectivity index (χ2n) is 5.03. The minimum absolute atomic E-state index is 0. The molecule has 0 saturated heterocycles. The highest BCUT2D eigenvalue weighted by Crippen LogP contribution is 2.43. The Morgan fingerprint density at radius 3 is 2.82 bits per heavy atom. The quantitative estimate of drug-likeness (QED) is 0.821. The van der Waals surface area contributed by atoms with Gasteiger partial charge in [0.25, 0.3) is 0 Å². The van der Waals surface area contributed by atoms with Crippen LogP contribution >= 0.6 is 24.0 Å². The van der Waals surface area contributed by atoms with Crippen LogP contribution < -0.4 is 5.32 Å². The van der Waals surface area contributed by atoms with E-state index in [4.69, 9.17) is 11.6 Å². The smallest absolute Gasteiger partial charge is 0.0441 e. The Morgan fingerprint density at radius 1 is 1.24 bits per heavy atom. The lowest BCUT2D eigenvalue weighted by Gasteiger charge is -2.38. The predicted octanol–water partition coefficient (Wildman–Crippen LogP) is 3.72. The third kappa shape index (κ3) is 2.09. The summed E-state index contributed by atoms with van der Waals surface area (Å²) < 4.78 is 0. The van der Waals surface area contributed by atoms with Gasteiger partial charge in [-0.3, -0.25) is 0 Å². The second-order valence-corrected chi connectivity index (χ2v) is 5.44. The first-order valence-corrected chi connectivity index (χ1v) is 6.66. The highest BCUT2D eigenvalue weighted by Gasteiger charge is 2.33. The van der Waals surface area contributed by atoms with Crippen molar-refractivity contribution >= 4 is 24.0 Å². The molecular formula is C14H19Cl2N. The molecule has 0 fully saturated rings. The Bertz CT molecular complexity index is 417. The summed E-state index contributed by atoms with van der Waals surface area (Å²) in [7, 11) is 2.09. The molecule has 0 aromatic heterocycles. The zero-order valence-corrected chi connectivity index (χ0v) is 11.7. The molecule has 2 atom stereocenters. The minimum Gasteiger partial charge on any atom is -0.316 e. The average molecular weight is 272 g/mol. The molecule has 3 heteroatoms. The number of aryl methyl sites for hydroxylation is 1. The second kappa shape index (κ2) is 5.17. The van der Waals surface area contributed by atoms with Crippen molar-refractivity contribution in [3.05, 3.63) is 33.8 Å². The molecule has 0 radical (unpaired) electrons. The maximum atomic E-state index is 6.33. The number of halogens is 2. The van der Waals surface area contributed by atoms with Crippen LogP contribution in [-0.2, 0) is 12.8 Å². The summed E-state index contributed by atoms with van der Waals surface area (Å²) in [4.78, 5) is 0. The Balaban J connectivity index is 0.00000108. The van der Waals surface area contributed by atoms with Crippen LogP contribution in [0, 0.1) is 0 Å². The molecular weight excluding hydrogens is 253 g/mol. The fraction of sp³-hybridized carbons (Fsp3) is 0.571. The van der Waals surface area contributed by atoms with Crippen LogP contribution in [0.4, 0.5) is 0 Å². The van der Waals surface area contributed by atoms with E-state index in [-0.39, 0.29) is 12.4 Å². The zero-order chi connectivity index (χ0) is 11.1. The molecule has 0 spiro atoms. The van der Waals surface area contributed by atoms with E-state index < -0.39 is 0 Å². The molecule has 1 N–H and O–H groups in total. The van der Waals surface area contributed by atoms with Gasteiger partial charge in [0.1, 0.15) is 0 Å². The van der Waals surface area contributed by atoms with Crippen LogP contribution in [-0.4, -0.2) is 13.1 Å². The van der Waals surface area contributed by atoms with Crippen LogP contribution in [0.3, 0.4) is 0 Å². The van der Waals surface area contributed by atoms with E-state index in [0.29, 0.717) is 12.0 Å². The summed E-state index contributed by atoms with van der Waals surface area (Å²) >= 11 is 6.33. The predicted molar refractivity (Wildman–Crippen MR) is 75.5 cm³/mol. The van der Waals surface area contributed by atoms with Crippen LogP contribution in [0.5, 0.6) is 0 Å². The fourth-order valence-electron chi connectivity index (χ4n) is 3.52. The standard InChI is InChI=1S/C14H18ClN.ClH/c1-16-13-8-6-9-5-7-12(15)10-3-2-4-11(13)14(9)10;/h5,7,11,13,16H,2-4,6,8H2,1H3;1H. The highest BCUT2D eigenvalue weighted by molar-refractivity contribution is 6.31. The first-order valence-electron chi connectivity index (χ1n) is 6.28. The molecule has 0 amide bonds. The summed E-state index contributed by atoms with van der Waals surface area (Å²) in [6, 6.07) is 4.99. The van der Waals surface area contributed by atoms with Gasteiger partial charge in [-0.15, -0.1) is 12.4 Å². The van der Waals surface area contributed by atoms with Gasteiger partial charge in [0, 0.05) is 11.1 Å². The van der Waals surface area contributed by atoms with Gasteiger partial charge < -0.3 is 5.32 Å². The summed E-state index contributed by atoms with van der Waals surface area (Å²) in [6.45, 7) is 0. The zero-order valence-electron chi connectivity index (χ0n) is 10.1. The molecule has 0 heterocycles. The van der Waals surface area contributed by atoms with Gasteiger partial charge in [-0.2, -0.15) is 0 Å². The lowest BCUT2D eigenvalue weighted by molar-refractivity contribution is 0.372. The molecule has 0 saturated carbocycles. The maximum absolute atomic E-state index is 6.33. The van der Waals surface area contributed by atoms with Gasteiger partial charge in [0.2, 0.25) is 0 Å². The molecule has 3 rings (SSSR count). The van der Waals surface area contributed by atoms with E-state index in [1.54, 1.807) is 11.1 Å². The van der Waals surface area contributed by atoms with Crippen molar-refractivity contribution < 1.29 is 0 Å². The van der Waals surface area contributed by atoms with E-state index in [1.165, 1.54) is 37.7 Å². The highest BCUT2D eigenvalue weighted by atomic mass is 35.5. The average Bonchev–Trinajstić information content (AvgIpc) is 2.34. The number of rotatable bonds is 1. The first-order chi connectivity index (χ1) is 7.81. The van der Waals surface area contributed by atoms with Crippen LogP contribution in [0.2, 0.25) is 5.02 Å². The van der Waals surface area contributed by atoms with Crippen molar-refractivity contribution in [3.8, 4) is 0 Å². The van der Waals surface area contributed by atoms with E-state index in [1.807, 2.05) is 0 Å². The SMILES string of the molecule is CNC1CCc2ccc(Cl)c3c2C1CCC3.Cl.